The number of carbonyl (C=O) groups is 2. The van der Waals surface area contributed by atoms with E-state index in [0.29, 0.717) is 18.7 Å². The van der Waals surface area contributed by atoms with Crippen LogP contribution in [0.1, 0.15) is 24.2 Å². The fourth-order valence-electron chi connectivity index (χ4n) is 1.96. The van der Waals surface area contributed by atoms with Crippen LogP contribution < -0.4 is 5.32 Å². The zero-order valence-corrected chi connectivity index (χ0v) is 10.0. The Morgan fingerprint density at radius 2 is 2.29 bits per heavy atom. The molecule has 1 aromatic heterocycles. The van der Waals surface area contributed by atoms with Crippen LogP contribution in [-0.4, -0.2) is 40.0 Å². The van der Waals surface area contributed by atoms with E-state index in [4.69, 9.17) is 0 Å². The molecule has 0 saturated carbocycles. The van der Waals surface area contributed by atoms with E-state index in [0.717, 1.165) is 17.8 Å². The van der Waals surface area contributed by atoms with Crippen molar-refractivity contribution in [2.75, 3.05) is 18.4 Å². The third-order valence-electron chi connectivity index (χ3n) is 2.90. The largest absolute Gasteiger partial charge is 0.333 e. The van der Waals surface area contributed by atoms with E-state index >= 15 is 0 Å². The minimum absolute atomic E-state index is 0.0563. The molecular weight excluding hydrogens is 220 g/mol. The van der Waals surface area contributed by atoms with E-state index in [2.05, 4.69) is 15.5 Å². The van der Waals surface area contributed by atoms with E-state index in [1.54, 1.807) is 4.90 Å². The van der Waals surface area contributed by atoms with Gasteiger partial charge in [-0.15, -0.1) is 0 Å². The van der Waals surface area contributed by atoms with Crippen molar-refractivity contribution in [3.8, 4) is 0 Å². The van der Waals surface area contributed by atoms with Gasteiger partial charge in [0.2, 0.25) is 11.8 Å². The molecule has 0 unspecified atom stereocenters. The van der Waals surface area contributed by atoms with Crippen molar-refractivity contribution >= 4 is 17.5 Å². The van der Waals surface area contributed by atoms with Crippen molar-refractivity contribution in [2.24, 2.45) is 0 Å². The molecule has 1 fully saturated rings. The maximum absolute atomic E-state index is 11.8. The average molecular weight is 236 g/mol. The zero-order chi connectivity index (χ0) is 12.4. The number of hydrogen-bond donors (Lipinski definition) is 2. The van der Waals surface area contributed by atoms with Crippen molar-refractivity contribution in [2.45, 2.75) is 26.7 Å². The van der Waals surface area contributed by atoms with Crippen LogP contribution >= 0.6 is 0 Å². The predicted octanol–water partition coefficient (Wildman–Crippen LogP) is 0.587. The summed E-state index contributed by atoms with van der Waals surface area (Å²) in [5.41, 5.74) is 2.29. The molecular formula is C11H16N4O2. The van der Waals surface area contributed by atoms with Crippen LogP contribution in [0.25, 0.3) is 0 Å². The summed E-state index contributed by atoms with van der Waals surface area (Å²) in [7, 11) is 0. The van der Waals surface area contributed by atoms with Crippen molar-refractivity contribution in [1.29, 1.82) is 0 Å². The SMILES string of the molecule is Cc1n[nH]c(C)c1NC(=O)CN1CCCC1=O. The fraction of sp³-hybridized carbons (Fsp3) is 0.545. The first-order valence-electron chi connectivity index (χ1n) is 5.67. The van der Waals surface area contributed by atoms with Crippen LogP contribution in [0, 0.1) is 13.8 Å². The van der Waals surface area contributed by atoms with Gasteiger partial charge in [0.05, 0.1) is 23.6 Å². The number of likely N-dealkylation sites (tertiary alicyclic amines) is 1. The fourth-order valence-corrected chi connectivity index (χ4v) is 1.96. The lowest BCUT2D eigenvalue weighted by Crippen LogP contribution is -2.34. The summed E-state index contributed by atoms with van der Waals surface area (Å²) in [6.45, 7) is 4.47. The second kappa shape index (κ2) is 4.57. The number of nitrogens with zero attached hydrogens (tertiary/aromatic N) is 2. The topological polar surface area (TPSA) is 78.1 Å². The van der Waals surface area contributed by atoms with E-state index in [1.165, 1.54) is 0 Å². The molecule has 92 valence electrons. The first kappa shape index (κ1) is 11.6. The first-order chi connectivity index (χ1) is 8.08. The van der Waals surface area contributed by atoms with Crippen LogP contribution in [0.3, 0.4) is 0 Å². The maximum atomic E-state index is 11.8. The van der Waals surface area contributed by atoms with Crippen molar-refractivity contribution in [3.05, 3.63) is 11.4 Å². The predicted molar refractivity (Wildman–Crippen MR) is 62.5 cm³/mol. The highest BCUT2D eigenvalue weighted by atomic mass is 16.2. The minimum Gasteiger partial charge on any atom is -0.333 e. The highest BCUT2D eigenvalue weighted by Gasteiger charge is 2.22. The first-order valence-corrected chi connectivity index (χ1v) is 5.67. The molecule has 2 N–H and O–H groups in total. The van der Waals surface area contributed by atoms with Crippen molar-refractivity contribution < 1.29 is 9.59 Å². The normalized spacial score (nSPS) is 15.4. The molecule has 0 atom stereocenters. The molecule has 0 bridgehead atoms. The number of nitrogens with one attached hydrogen (secondary N) is 2. The third-order valence-corrected chi connectivity index (χ3v) is 2.90. The van der Waals surface area contributed by atoms with Gasteiger partial charge in [-0.05, 0) is 20.3 Å². The lowest BCUT2D eigenvalue weighted by atomic mass is 10.3. The Morgan fingerprint density at radius 3 is 2.82 bits per heavy atom. The Balaban J connectivity index is 1.96. The quantitative estimate of drug-likeness (QED) is 0.806. The summed E-state index contributed by atoms with van der Waals surface area (Å²) in [4.78, 5) is 24.7. The van der Waals surface area contributed by atoms with Gasteiger partial charge in [0.15, 0.2) is 0 Å². The lowest BCUT2D eigenvalue weighted by molar-refractivity contribution is -0.131. The number of carbonyl (C=O) groups excluding carboxylic acids is 2. The van der Waals surface area contributed by atoms with Crippen LogP contribution in [0.5, 0.6) is 0 Å². The molecule has 2 heterocycles. The number of aromatic nitrogens is 2. The Kier molecular flexibility index (Phi) is 3.12. The number of hydrogen-bond acceptors (Lipinski definition) is 3. The molecule has 0 spiro atoms. The molecule has 0 aliphatic carbocycles. The lowest BCUT2D eigenvalue weighted by Gasteiger charge is -2.14. The summed E-state index contributed by atoms with van der Waals surface area (Å²) in [6.07, 6.45) is 1.40. The van der Waals surface area contributed by atoms with Crippen LogP contribution in [0.15, 0.2) is 0 Å². The number of aryl methyl sites for hydroxylation is 2. The zero-order valence-electron chi connectivity index (χ0n) is 10.0. The van der Waals surface area contributed by atoms with Crippen molar-refractivity contribution in [3.63, 3.8) is 0 Å². The molecule has 1 aromatic rings. The summed E-state index contributed by atoms with van der Waals surface area (Å²) < 4.78 is 0. The average Bonchev–Trinajstić information content (AvgIpc) is 2.80. The molecule has 2 rings (SSSR count). The summed E-state index contributed by atoms with van der Waals surface area (Å²) in [5.74, 6) is -0.117. The summed E-state index contributed by atoms with van der Waals surface area (Å²) >= 11 is 0. The van der Waals surface area contributed by atoms with E-state index in [1.807, 2.05) is 13.8 Å². The molecule has 1 aliphatic heterocycles. The van der Waals surface area contributed by atoms with Crippen molar-refractivity contribution in [1.82, 2.24) is 15.1 Å². The molecule has 0 radical (unpaired) electrons. The van der Waals surface area contributed by atoms with Crippen LogP contribution in [-0.2, 0) is 9.59 Å². The number of amides is 2. The van der Waals surface area contributed by atoms with Gasteiger partial charge in [-0.3, -0.25) is 14.7 Å². The van der Waals surface area contributed by atoms with Crippen LogP contribution in [0.2, 0.25) is 0 Å². The molecule has 1 saturated heterocycles. The van der Waals surface area contributed by atoms with Gasteiger partial charge in [0.25, 0.3) is 0 Å². The van der Waals surface area contributed by atoms with Gasteiger partial charge in [-0.1, -0.05) is 0 Å². The summed E-state index contributed by atoms with van der Waals surface area (Å²) in [6, 6.07) is 0. The molecule has 6 heteroatoms. The van der Waals surface area contributed by atoms with Gasteiger partial charge in [-0.25, -0.2) is 0 Å². The number of anilines is 1. The Hall–Kier alpha value is -1.85. The van der Waals surface area contributed by atoms with Gasteiger partial charge in [-0.2, -0.15) is 5.10 Å². The highest BCUT2D eigenvalue weighted by molar-refractivity contribution is 5.95. The Labute approximate surface area is 99.4 Å². The summed E-state index contributed by atoms with van der Waals surface area (Å²) in [5, 5.41) is 9.57. The highest BCUT2D eigenvalue weighted by Crippen LogP contribution is 2.16. The standard InChI is InChI=1S/C11H16N4O2/c1-7-11(8(2)14-13-7)12-9(16)6-15-5-3-4-10(15)17/h3-6H2,1-2H3,(H,12,16)(H,13,14). The molecule has 0 aromatic carbocycles. The Morgan fingerprint density at radius 1 is 1.53 bits per heavy atom. The molecule has 17 heavy (non-hydrogen) atoms. The van der Waals surface area contributed by atoms with Gasteiger partial charge >= 0.3 is 0 Å². The second-order valence-electron chi connectivity index (χ2n) is 4.28. The third kappa shape index (κ3) is 2.46. The van der Waals surface area contributed by atoms with Gasteiger partial charge in [0.1, 0.15) is 0 Å². The number of rotatable bonds is 3. The van der Waals surface area contributed by atoms with E-state index in [9.17, 15) is 9.59 Å². The van der Waals surface area contributed by atoms with E-state index in [-0.39, 0.29) is 18.4 Å². The second-order valence-corrected chi connectivity index (χ2v) is 4.28. The monoisotopic (exact) mass is 236 g/mol. The van der Waals surface area contributed by atoms with E-state index < -0.39 is 0 Å². The van der Waals surface area contributed by atoms with Gasteiger partial charge in [0, 0.05) is 13.0 Å². The van der Waals surface area contributed by atoms with Gasteiger partial charge < -0.3 is 10.2 Å². The number of H-pyrrole nitrogens is 1. The minimum atomic E-state index is -0.173. The molecule has 1 aliphatic rings. The molecule has 2 amide bonds. The Bertz CT molecular complexity index is 433. The maximum Gasteiger partial charge on any atom is 0.244 e. The van der Waals surface area contributed by atoms with Crippen LogP contribution in [0.4, 0.5) is 5.69 Å². The smallest absolute Gasteiger partial charge is 0.244 e. The molecule has 6 nitrogen and oxygen atoms in total. The number of aromatic amines is 1.